The smallest absolute Gasteiger partial charge is 0.407 e. The Hall–Kier alpha value is -8.87. The molecule has 0 spiro atoms. The van der Waals surface area contributed by atoms with Crippen LogP contribution in [0, 0.1) is 0 Å². The van der Waals surface area contributed by atoms with E-state index in [0.29, 0.717) is 190 Å². The van der Waals surface area contributed by atoms with Crippen LogP contribution in [-0.4, -0.2) is 456 Å². The maximum Gasteiger partial charge on any atom is 0.407 e. The molecule has 0 aliphatic carbocycles. The second-order valence-corrected chi connectivity index (χ2v) is 32.6. The normalized spacial score (nSPS) is 11.4. The van der Waals surface area contributed by atoms with Crippen LogP contribution < -0.4 is 126 Å². The Morgan fingerprint density at radius 1 is 0.187 bits per heavy atom. The Morgan fingerprint density at radius 2 is 0.336 bits per heavy atom. The van der Waals surface area contributed by atoms with Crippen molar-refractivity contribution in [3.05, 3.63) is 0 Å². The van der Waals surface area contributed by atoms with Crippen molar-refractivity contribution in [3.8, 4) is 0 Å². The standard InChI is InChI=1S/C85H172N30O19/c1-85(2,3)134-84(130)108-28-4-64-131-66-68-133-69-67-132-65-5-43-109(44-6-78(124)102-37-62-114(54-16-80(126)104-39-58-110(46-8-70(116)94-29-20-86)47-9-71(117)95-30-21-87)55-17-81(127)105-40-59-111(48-10-72(118)96-31-22-88)49-11-73(119)97-32-23-89)45-7-79(125)103-38-63-115(56-18-82(128)106-41-60-112(50-12-74(120)98-33-24-90)51-13-75(121)99-34-25-91)57-19-83(129)107-42-61-113(52-14-76(122)100-35-26-92)53-15-77(123)101-36-27-93/h4-69,86-93H2,1-3H3,(H,94,116)(H,95,117)(H,96,118)(H,97,119)(H,98,120)(H,99,121)(H,100,122)(H,101,123)(H,102,124)(H,103,125)(H,104,126)(H,105,127)(H,106,128)(H,107,129)(H,108,130). The summed E-state index contributed by atoms with van der Waals surface area (Å²) in [4.78, 5) is 208. The van der Waals surface area contributed by atoms with Gasteiger partial charge < -0.3 is 179 Å². The van der Waals surface area contributed by atoms with Gasteiger partial charge >= 0.3 is 6.09 Å². The zero-order valence-electron chi connectivity index (χ0n) is 80.7. The second kappa shape index (κ2) is 85.8. The lowest BCUT2D eigenvalue weighted by Crippen LogP contribution is -2.42. The first-order valence-electron chi connectivity index (χ1n) is 47.6. The summed E-state index contributed by atoms with van der Waals surface area (Å²) in [7, 11) is 0. The van der Waals surface area contributed by atoms with Crippen molar-refractivity contribution >= 4 is 88.8 Å². The van der Waals surface area contributed by atoms with Gasteiger partial charge in [-0.2, -0.15) is 0 Å². The number of alkyl carbamates (subject to hydrolysis) is 1. The van der Waals surface area contributed by atoms with E-state index in [1.165, 1.54) is 0 Å². The third-order valence-electron chi connectivity index (χ3n) is 20.0. The van der Waals surface area contributed by atoms with Gasteiger partial charge in [-0.1, -0.05) is 0 Å². The summed E-state index contributed by atoms with van der Waals surface area (Å²) in [5.74, 6) is -3.54. The van der Waals surface area contributed by atoms with Gasteiger partial charge in [0, 0.05) is 391 Å². The number of nitrogens with two attached hydrogens (primary N) is 8. The molecule has 776 valence electrons. The number of carbonyl (C=O) groups excluding carboxylic acids is 15. The van der Waals surface area contributed by atoms with Gasteiger partial charge in [-0.05, 0) is 33.6 Å². The maximum atomic E-state index is 13.9. The third kappa shape index (κ3) is 80.4. The van der Waals surface area contributed by atoms with Crippen molar-refractivity contribution in [1.82, 2.24) is 114 Å². The molecule has 0 unspecified atom stereocenters. The Morgan fingerprint density at radius 3 is 0.500 bits per heavy atom. The first kappa shape index (κ1) is 125. The first-order chi connectivity index (χ1) is 64.5. The average molecular weight is 1920 g/mol. The van der Waals surface area contributed by atoms with Gasteiger partial charge in [0.25, 0.3) is 0 Å². The third-order valence-corrected chi connectivity index (χ3v) is 20.0. The Bertz CT molecular complexity index is 2780. The number of rotatable bonds is 90. The largest absolute Gasteiger partial charge is 0.444 e. The summed E-state index contributed by atoms with van der Waals surface area (Å²) in [5, 5.41) is 42.3. The molecule has 0 fully saturated rings. The molecule has 0 rings (SSSR count). The van der Waals surface area contributed by atoms with E-state index in [4.69, 9.17) is 64.8 Å². The average Bonchev–Trinajstić information content (AvgIpc) is 0.968. The molecule has 0 heterocycles. The number of nitrogens with one attached hydrogen (secondary N) is 15. The van der Waals surface area contributed by atoms with Crippen LogP contribution in [0.2, 0.25) is 0 Å². The highest BCUT2D eigenvalue weighted by atomic mass is 16.6. The van der Waals surface area contributed by atoms with E-state index < -0.39 is 11.7 Å². The molecular formula is C85H172N30O19. The number of nitrogens with zero attached hydrogens (tertiary/aromatic N) is 7. The van der Waals surface area contributed by atoms with E-state index in [1.807, 2.05) is 34.3 Å². The van der Waals surface area contributed by atoms with E-state index in [0.717, 1.165) is 0 Å². The van der Waals surface area contributed by atoms with Crippen LogP contribution in [0.5, 0.6) is 0 Å². The van der Waals surface area contributed by atoms with Gasteiger partial charge in [0.2, 0.25) is 82.7 Å². The summed E-state index contributed by atoms with van der Waals surface area (Å²) < 4.78 is 22.5. The molecule has 0 radical (unpaired) electrons. The Labute approximate surface area is 793 Å². The maximum absolute atomic E-state index is 13.9. The zero-order valence-corrected chi connectivity index (χ0v) is 80.7. The molecule has 0 saturated carbocycles. The molecule has 0 aliphatic heterocycles. The lowest BCUT2D eigenvalue weighted by atomic mass is 10.2. The fourth-order valence-corrected chi connectivity index (χ4v) is 12.6. The van der Waals surface area contributed by atoms with Crippen molar-refractivity contribution in [2.75, 3.05) is 328 Å². The van der Waals surface area contributed by atoms with Gasteiger partial charge in [-0.3, -0.25) is 67.1 Å². The van der Waals surface area contributed by atoms with Crippen molar-refractivity contribution < 1.29 is 90.9 Å². The summed E-state index contributed by atoms with van der Waals surface area (Å²) in [6.07, 6.45) is 1.73. The van der Waals surface area contributed by atoms with Gasteiger partial charge in [0.05, 0.1) is 26.4 Å². The molecule has 134 heavy (non-hydrogen) atoms. The predicted molar refractivity (Wildman–Crippen MR) is 510 cm³/mol. The molecule has 0 bridgehead atoms. The molecular weight excluding hydrogens is 1750 g/mol. The molecule has 0 aromatic carbocycles. The summed E-state index contributed by atoms with van der Waals surface area (Å²) >= 11 is 0. The highest BCUT2D eigenvalue weighted by Crippen LogP contribution is 2.08. The van der Waals surface area contributed by atoms with E-state index in [9.17, 15) is 71.9 Å². The Balaban J connectivity index is 6.83. The monoisotopic (exact) mass is 1920 g/mol. The van der Waals surface area contributed by atoms with Crippen LogP contribution in [0.3, 0.4) is 0 Å². The van der Waals surface area contributed by atoms with Crippen LogP contribution in [0.25, 0.3) is 0 Å². The zero-order chi connectivity index (χ0) is 99.3. The van der Waals surface area contributed by atoms with Gasteiger partial charge in [-0.15, -0.1) is 0 Å². The minimum Gasteiger partial charge on any atom is -0.444 e. The SMILES string of the molecule is CC(C)(C)OC(=O)NCCCOCCOCCOCCCN(CCC(=O)NCCN(CCC(=O)NCCN(CCC(=O)NCCN)CCC(=O)NCCN)CCC(=O)NCCN(CCC(=O)NCCN)CCC(=O)NCCN)CCC(=O)NCCN(CCC(=O)NCCN(CCC(=O)NCCN)CCC(=O)NCCN)CCC(=O)NCCN(CCC(=O)NCCN)CCC(=O)NCCN. The molecule has 0 aliphatic rings. The van der Waals surface area contributed by atoms with Crippen LogP contribution >= 0.6 is 0 Å². The van der Waals surface area contributed by atoms with Crippen LogP contribution in [0.4, 0.5) is 4.79 Å². The van der Waals surface area contributed by atoms with E-state index in [2.05, 4.69) is 79.8 Å². The number of amides is 15. The summed E-state index contributed by atoms with van der Waals surface area (Å²) in [6, 6.07) is 0. The highest BCUT2D eigenvalue weighted by molar-refractivity contribution is 5.81. The molecule has 49 heteroatoms. The van der Waals surface area contributed by atoms with E-state index in [1.54, 1.807) is 20.8 Å². The van der Waals surface area contributed by atoms with Crippen LogP contribution in [-0.2, 0) is 86.1 Å². The number of hydrogen-bond donors (Lipinski definition) is 23. The van der Waals surface area contributed by atoms with Crippen LogP contribution in [0.1, 0.15) is 124 Å². The van der Waals surface area contributed by atoms with Gasteiger partial charge in [-0.25, -0.2) is 4.79 Å². The lowest BCUT2D eigenvalue weighted by molar-refractivity contribution is -0.123. The lowest BCUT2D eigenvalue weighted by Gasteiger charge is -2.25. The molecule has 15 amide bonds. The fraction of sp³-hybridized carbons (Fsp3) is 0.824. The fourth-order valence-electron chi connectivity index (χ4n) is 12.6. The molecule has 0 atom stereocenters. The van der Waals surface area contributed by atoms with Crippen LogP contribution in [0.15, 0.2) is 0 Å². The van der Waals surface area contributed by atoms with E-state index >= 15 is 0 Å². The highest BCUT2D eigenvalue weighted by Gasteiger charge is 2.22. The van der Waals surface area contributed by atoms with Crippen molar-refractivity contribution in [2.45, 2.75) is 129 Å². The van der Waals surface area contributed by atoms with Gasteiger partial charge in [0.1, 0.15) is 5.60 Å². The quantitative estimate of drug-likeness (QED) is 0.0251. The molecule has 49 nitrogen and oxygen atoms in total. The van der Waals surface area contributed by atoms with E-state index in [-0.39, 0.29) is 323 Å². The van der Waals surface area contributed by atoms with Crippen molar-refractivity contribution in [2.24, 2.45) is 45.9 Å². The summed E-state index contributed by atoms with van der Waals surface area (Å²) in [5.41, 5.74) is 44.0. The number of hydrogen-bond acceptors (Lipinski definition) is 34. The molecule has 0 aromatic rings. The number of ether oxygens (including phenoxy) is 4. The number of carbonyl (C=O) groups is 15. The second-order valence-electron chi connectivity index (χ2n) is 32.6. The summed E-state index contributed by atoms with van der Waals surface area (Å²) in [6.45, 7) is 19.1. The van der Waals surface area contributed by atoms with Gasteiger partial charge in [0.15, 0.2) is 0 Å². The van der Waals surface area contributed by atoms with Crippen molar-refractivity contribution in [1.29, 1.82) is 0 Å². The molecule has 31 N–H and O–H groups in total. The Kier molecular flexibility index (Phi) is 80.1. The minimum atomic E-state index is -0.608. The topological polar surface area (TPSA) is 704 Å². The predicted octanol–water partition coefficient (Wildman–Crippen LogP) is -10.8. The first-order valence-corrected chi connectivity index (χ1v) is 47.6. The molecule has 0 aromatic heterocycles. The molecule has 0 saturated heterocycles. The minimum absolute atomic E-state index is 0.00376. The van der Waals surface area contributed by atoms with Crippen molar-refractivity contribution in [3.63, 3.8) is 0 Å².